The van der Waals surface area contributed by atoms with E-state index < -0.39 is 27.7 Å². The van der Waals surface area contributed by atoms with Crippen LogP contribution >= 0.6 is 11.3 Å². The first kappa shape index (κ1) is 29.8. The maximum Gasteiger partial charge on any atom is 0.211 e. The van der Waals surface area contributed by atoms with Crippen LogP contribution < -0.4 is 9.80 Å². The van der Waals surface area contributed by atoms with Gasteiger partial charge in [0.15, 0.2) is 10.9 Å². The zero-order valence-corrected chi connectivity index (χ0v) is 25.2. The highest BCUT2D eigenvalue weighted by Crippen LogP contribution is 2.40. The Morgan fingerprint density at radius 1 is 1.17 bits per heavy atom. The Morgan fingerprint density at radius 2 is 1.88 bits per heavy atom. The summed E-state index contributed by atoms with van der Waals surface area (Å²) in [5.41, 5.74) is 3.04. The van der Waals surface area contributed by atoms with Crippen LogP contribution in [-0.2, 0) is 10.0 Å². The van der Waals surface area contributed by atoms with Gasteiger partial charge in [0.1, 0.15) is 28.0 Å². The summed E-state index contributed by atoms with van der Waals surface area (Å²) in [5.74, 6) is -0.930. The maximum atomic E-state index is 15.8. The molecule has 1 aliphatic heterocycles. The van der Waals surface area contributed by atoms with Crippen LogP contribution in [0.25, 0.3) is 22.2 Å². The average Bonchev–Trinajstić information content (AvgIpc) is 3.40. The van der Waals surface area contributed by atoms with Crippen LogP contribution in [0.4, 0.5) is 25.3 Å². The predicted octanol–water partition coefficient (Wildman–Crippen LogP) is 4.84. The van der Waals surface area contributed by atoms with Crippen LogP contribution in [0.2, 0.25) is 0 Å². The highest BCUT2D eigenvalue weighted by Gasteiger charge is 2.33. The van der Waals surface area contributed by atoms with E-state index in [-0.39, 0.29) is 31.1 Å². The molecule has 3 heterocycles. The Bertz CT molecular complexity index is 1790. The number of aliphatic hydroxyl groups excluding tert-OH is 1. The van der Waals surface area contributed by atoms with E-state index >= 15 is 4.39 Å². The van der Waals surface area contributed by atoms with Crippen molar-refractivity contribution in [3.8, 4) is 17.3 Å². The molecule has 220 valence electrons. The van der Waals surface area contributed by atoms with Gasteiger partial charge in [0, 0.05) is 49.0 Å². The van der Waals surface area contributed by atoms with Crippen molar-refractivity contribution in [1.29, 1.82) is 5.26 Å². The molecule has 0 radical (unpaired) electrons. The smallest absolute Gasteiger partial charge is 0.211 e. The number of hydrogen-bond acceptors (Lipinski definition) is 9. The summed E-state index contributed by atoms with van der Waals surface area (Å²) >= 11 is 1.17. The number of piperazine rings is 1. The number of hydrogen-bond donors (Lipinski definition) is 1. The number of anilines is 3. The van der Waals surface area contributed by atoms with Crippen molar-refractivity contribution in [2.24, 2.45) is 0 Å². The molecule has 0 saturated carbocycles. The van der Waals surface area contributed by atoms with Crippen molar-refractivity contribution >= 4 is 48.8 Å². The van der Waals surface area contributed by atoms with Crippen LogP contribution in [0.1, 0.15) is 30.3 Å². The lowest BCUT2D eigenvalue weighted by molar-refractivity contribution is 0.176. The second-order valence-corrected chi connectivity index (χ2v) is 13.5. The standard InChI is InChI=1S/C29H30F2N6O3S2/c1-17(2)24-13-25(35(3)29-34-27(26(14-32)41-29)18-5-7-19(30)8-6-18)22-11-20(12-23(31)28(22)33-24)36-9-10-37(42(4,39)40)21(15-36)16-38/h5-8,11-13,17,21,38H,9-10,15-16H2,1-4H3/t21-/m0/s1. The first-order valence-corrected chi connectivity index (χ1v) is 15.9. The number of aromatic nitrogens is 2. The summed E-state index contributed by atoms with van der Waals surface area (Å²) in [6.45, 7) is 4.22. The molecule has 1 saturated heterocycles. The van der Waals surface area contributed by atoms with Gasteiger partial charge >= 0.3 is 0 Å². The maximum absolute atomic E-state index is 15.8. The van der Waals surface area contributed by atoms with Crippen molar-refractivity contribution in [1.82, 2.24) is 14.3 Å². The summed E-state index contributed by atoms with van der Waals surface area (Å²) in [4.78, 5) is 13.3. The summed E-state index contributed by atoms with van der Waals surface area (Å²) in [6.07, 6.45) is 1.11. The number of rotatable bonds is 7. The lowest BCUT2D eigenvalue weighted by atomic mass is 10.0. The van der Waals surface area contributed by atoms with Crippen molar-refractivity contribution in [2.45, 2.75) is 25.8 Å². The summed E-state index contributed by atoms with van der Waals surface area (Å²) < 4.78 is 55.0. The summed E-state index contributed by atoms with van der Waals surface area (Å²) in [7, 11) is -1.73. The van der Waals surface area contributed by atoms with E-state index in [9.17, 15) is 23.2 Å². The van der Waals surface area contributed by atoms with Crippen molar-refractivity contribution in [3.63, 3.8) is 0 Å². The molecule has 1 N–H and O–H groups in total. The van der Waals surface area contributed by atoms with Crippen LogP contribution in [0, 0.1) is 23.0 Å². The monoisotopic (exact) mass is 612 g/mol. The van der Waals surface area contributed by atoms with Gasteiger partial charge < -0.3 is 14.9 Å². The Balaban J connectivity index is 1.61. The zero-order valence-electron chi connectivity index (χ0n) is 23.5. The molecule has 0 unspecified atom stereocenters. The number of pyridine rings is 1. The number of aliphatic hydroxyl groups is 1. The third kappa shape index (κ3) is 5.67. The molecule has 1 fully saturated rings. The van der Waals surface area contributed by atoms with Gasteiger partial charge in [-0.05, 0) is 48.4 Å². The molecule has 4 aromatic rings. The van der Waals surface area contributed by atoms with Crippen LogP contribution in [0.15, 0.2) is 42.5 Å². The third-order valence-corrected chi connectivity index (χ3v) is 9.72. The molecule has 1 atom stereocenters. The number of nitriles is 1. The van der Waals surface area contributed by atoms with E-state index in [4.69, 9.17) is 4.98 Å². The SMILES string of the molecule is CC(C)c1cc(N(C)c2nc(-c3ccc(F)cc3)c(C#N)s2)c2cc(N3CCN(S(C)(=O)=O)[C@H](CO)C3)cc(F)c2n1. The van der Waals surface area contributed by atoms with Gasteiger partial charge in [0.2, 0.25) is 10.0 Å². The van der Waals surface area contributed by atoms with Gasteiger partial charge in [-0.25, -0.2) is 27.2 Å². The lowest BCUT2D eigenvalue weighted by Gasteiger charge is -2.40. The first-order valence-electron chi connectivity index (χ1n) is 13.3. The predicted molar refractivity (Wildman–Crippen MR) is 161 cm³/mol. The molecule has 42 heavy (non-hydrogen) atoms. The minimum Gasteiger partial charge on any atom is -0.395 e. The van der Waals surface area contributed by atoms with Gasteiger partial charge in [-0.1, -0.05) is 25.2 Å². The van der Waals surface area contributed by atoms with Crippen LogP contribution in [0.5, 0.6) is 0 Å². The second-order valence-electron chi connectivity index (χ2n) is 10.6. The van der Waals surface area contributed by atoms with Gasteiger partial charge in [0.25, 0.3) is 0 Å². The van der Waals surface area contributed by atoms with E-state index in [0.717, 1.165) is 6.26 Å². The molecule has 0 spiro atoms. The van der Waals surface area contributed by atoms with Crippen molar-refractivity contribution in [3.05, 3.63) is 64.7 Å². The molecule has 0 aliphatic carbocycles. The van der Waals surface area contributed by atoms with E-state index in [2.05, 4.69) is 11.1 Å². The number of nitrogens with zero attached hydrogens (tertiary/aromatic N) is 6. The van der Waals surface area contributed by atoms with Gasteiger partial charge in [-0.15, -0.1) is 0 Å². The molecule has 2 aromatic heterocycles. The number of benzene rings is 2. The topological polar surface area (TPSA) is 114 Å². The third-order valence-electron chi connectivity index (χ3n) is 7.36. The molecular weight excluding hydrogens is 582 g/mol. The Kier molecular flexibility index (Phi) is 8.17. The number of fused-ring (bicyclic) bond motifs is 1. The average molecular weight is 613 g/mol. The normalized spacial score (nSPS) is 16.3. The quantitative estimate of drug-likeness (QED) is 0.316. The number of halogens is 2. The molecular formula is C29H30F2N6O3S2. The van der Waals surface area contributed by atoms with Gasteiger partial charge in [0.05, 0.1) is 24.6 Å². The number of sulfonamides is 1. The molecule has 0 amide bonds. The zero-order chi connectivity index (χ0) is 30.3. The minimum absolute atomic E-state index is 0.00394. The highest BCUT2D eigenvalue weighted by atomic mass is 32.2. The Hall–Kier alpha value is -3.70. The Labute approximate surface area is 247 Å². The lowest BCUT2D eigenvalue weighted by Crippen LogP contribution is -2.56. The highest BCUT2D eigenvalue weighted by molar-refractivity contribution is 7.88. The first-order chi connectivity index (χ1) is 19.9. The van der Waals surface area contributed by atoms with Crippen LogP contribution in [0.3, 0.4) is 0 Å². The van der Waals surface area contributed by atoms with Gasteiger partial charge in [-0.3, -0.25) is 0 Å². The fourth-order valence-corrected chi connectivity index (χ4v) is 7.07. The van der Waals surface area contributed by atoms with Crippen LogP contribution in [-0.4, -0.2) is 73.4 Å². The molecule has 2 aromatic carbocycles. The molecule has 0 bridgehead atoms. The van der Waals surface area contributed by atoms with Crippen molar-refractivity contribution < 1.29 is 22.3 Å². The summed E-state index contributed by atoms with van der Waals surface area (Å²) in [6, 6.07) is 12.3. The molecule has 5 rings (SSSR count). The minimum atomic E-state index is -3.51. The van der Waals surface area contributed by atoms with E-state index in [1.54, 1.807) is 24.1 Å². The molecule has 1 aliphatic rings. The van der Waals surface area contributed by atoms with E-state index in [1.165, 1.54) is 33.8 Å². The number of thiazole rings is 1. The van der Waals surface area contributed by atoms with Gasteiger partial charge in [-0.2, -0.15) is 9.57 Å². The largest absolute Gasteiger partial charge is 0.395 e. The fraction of sp³-hybridized carbons (Fsp3) is 0.345. The van der Waals surface area contributed by atoms with E-state index in [0.29, 0.717) is 50.3 Å². The van der Waals surface area contributed by atoms with E-state index in [1.807, 2.05) is 30.9 Å². The summed E-state index contributed by atoms with van der Waals surface area (Å²) in [5, 5.41) is 20.7. The molecule has 9 nitrogen and oxygen atoms in total. The fourth-order valence-electron chi connectivity index (χ4n) is 5.12. The Morgan fingerprint density at radius 3 is 2.50 bits per heavy atom. The van der Waals surface area contributed by atoms with Crippen molar-refractivity contribution in [2.75, 3.05) is 49.3 Å². The molecule has 13 heteroatoms. The second kappa shape index (κ2) is 11.5.